The Bertz CT molecular complexity index is 956. The molecule has 3 rings (SSSR count). The SMILES string of the molecule is Cc1c([N+](=O)[O-])cccc1S(=O)(=O)NC1CCN(Cc2ccc(Cl)cc2)CC1. The molecule has 1 fully saturated rings. The van der Waals surface area contributed by atoms with Crippen LogP contribution in [0.1, 0.15) is 24.0 Å². The summed E-state index contributed by atoms with van der Waals surface area (Å²) in [5, 5.41) is 11.8. The van der Waals surface area contributed by atoms with E-state index >= 15 is 0 Å². The molecular formula is C19H22ClN3O4S. The van der Waals surface area contributed by atoms with Crippen LogP contribution in [-0.4, -0.2) is 37.4 Å². The number of sulfonamides is 1. The molecule has 2 aromatic rings. The zero-order valence-corrected chi connectivity index (χ0v) is 17.0. The van der Waals surface area contributed by atoms with Crippen LogP contribution in [0.4, 0.5) is 5.69 Å². The zero-order chi connectivity index (χ0) is 20.3. The lowest BCUT2D eigenvalue weighted by Gasteiger charge is -2.32. The van der Waals surface area contributed by atoms with Gasteiger partial charge in [-0.05, 0) is 43.5 Å². The number of piperidine rings is 1. The maximum atomic E-state index is 12.7. The molecule has 1 heterocycles. The Kier molecular flexibility index (Phi) is 6.34. The van der Waals surface area contributed by atoms with Gasteiger partial charge in [-0.15, -0.1) is 0 Å². The van der Waals surface area contributed by atoms with Crippen LogP contribution in [0.2, 0.25) is 5.02 Å². The summed E-state index contributed by atoms with van der Waals surface area (Å²) in [6.45, 7) is 3.79. The summed E-state index contributed by atoms with van der Waals surface area (Å²) in [6, 6.07) is 11.6. The molecule has 0 spiro atoms. The summed E-state index contributed by atoms with van der Waals surface area (Å²) in [7, 11) is -3.82. The van der Waals surface area contributed by atoms with Gasteiger partial charge in [-0.2, -0.15) is 0 Å². The third-order valence-corrected chi connectivity index (χ3v) is 6.89. The molecule has 1 aliphatic rings. The molecule has 0 atom stereocenters. The van der Waals surface area contributed by atoms with Crippen LogP contribution in [0.15, 0.2) is 47.4 Å². The summed E-state index contributed by atoms with van der Waals surface area (Å²) in [4.78, 5) is 12.7. The molecule has 0 amide bonds. The first kappa shape index (κ1) is 20.7. The topological polar surface area (TPSA) is 92.5 Å². The maximum Gasteiger partial charge on any atom is 0.273 e. The normalized spacial score (nSPS) is 16.2. The highest BCUT2D eigenvalue weighted by molar-refractivity contribution is 7.89. The van der Waals surface area contributed by atoms with Gasteiger partial charge in [0.05, 0.1) is 9.82 Å². The number of benzene rings is 2. The van der Waals surface area contributed by atoms with Crippen molar-refractivity contribution in [2.75, 3.05) is 13.1 Å². The molecule has 1 aliphatic heterocycles. The summed E-state index contributed by atoms with van der Waals surface area (Å²) in [5.74, 6) is 0. The molecule has 1 saturated heterocycles. The minimum atomic E-state index is -3.82. The number of nitro benzene ring substituents is 1. The first-order valence-electron chi connectivity index (χ1n) is 8.99. The number of nitrogens with zero attached hydrogens (tertiary/aromatic N) is 2. The third kappa shape index (κ3) is 4.88. The number of likely N-dealkylation sites (tertiary alicyclic amines) is 1. The Morgan fingerprint density at radius 3 is 2.43 bits per heavy atom. The fourth-order valence-electron chi connectivity index (χ4n) is 3.43. The van der Waals surface area contributed by atoms with E-state index in [0.717, 1.165) is 25.2 Å². The molecule has 0 unspecified atom stereocenters. The first-order valence-corrected chi connectivity index (χ1v) is 10.9. The van der Waals surface area contributed by atoms with Gasteiger partial charge in [-0.3, -0.25) is 15.0 Å². The summed E-state index contributed by atoms with van der Waals surface area (Å²) >= 11 is 5.91. The number of nitrogens with one attached hydrogen (secondary N) is 1. The summed E-state index contributed by atoms with van der Waals surface area (Å²) in [6.07, 6.45) is 1.36. The molecule has 0 radical (unpaired) electrons. The van der Waals surface area contributed by atoms with Gasteiger partial charge in [0.2, 0.25) is 10.0 Å². The van der Waals surface area contributed by atoms with E-state index in [1.807, 2.05) is 24.3 Å². The van der Waals surface area contributed by atoms with Crippen LogP contribution in [0, 0.1) is 17.0 Å². The molecule has 0 saturated carbocycles. The van der Waals surface area contributed by atoms with Crippen molar-refractivity contribution in [2.45, 2.75) is 37.2 Å². The van der Waals surface area contributed by atoms with Gasteiger partial charge in [0.1, 0.15) is 0 Å². The molecule has 1 N–H and O–H groups in total. The number of hydrogen-bond acceptors (Lipinski definition) is 5. The van der Waals surface area contributed by atoms with E-state index in [-0.39, 0.29) is 22.2 Å². The number of halogens is 1. The average molecular weight is 424 g/mol. The molecule has 2 aromatic carbocycles. The lowest BCUT2D eigenvalue weighted by Crippen LogP contribution is -2.44. The second kappa shape index (κ2) is 8.57. The van der Waals surface area contributed by atoms with Crippen LogP contribution in [0.25, 0.3) is 0 Å². The van der Waals surface area contributed by atoms with E-state index < -0.39 is 14.9 Å². The Morgan fingerprint density at radius 1 is 1.18 bits per heavy atom. The van der Waals surface area contributed by atoms with Crippen molar-refractivity contribution in [1.82, 2.24) is 9.62 Å². The number of hydrogen-bond donors (Lipinski definition) is 1. The Hall–Kier alpha value is -2.00. The van der Waals surface area contributed by atoms with Gasteiger partial charge in [-0.25, -0.2) is 13.1 Å². The van der Waals surface area contributed by atoms with Crippen molar-refractivity contribution >= 4 is 27.3 Å². The van der Waals surface area contributed by atoms with Crippen LogP contribution in [-0.2, 0) is 16.6 Å². The van der Waals surface area contributed by atoms with Gasteiger partial charge in [0.15, 0.2) is 0 Å². The predicted molar refractivity (Wildman–Crippen MR) is 108 cm³/mol. The molecule has 0 aromatic heterocycles. The van der Waals surface area contributed by atoms with Crippen LogP contribution < -0.4 is 4.72 Å². The zero-order valence-electron chi connectivity index (χ0n) is 15.5. The number of rotatable bonds is 6. The minimum absolute atomic E-state index is 0.0368. The van der Waals surface area contributed by atoms with Gasteiger partial charge < -0.3 is 0 Å². The Labute approximate surface area is 169 Å². The lowest BCUT2D eigenvalue weighted by atomic mass is 10.1. The molecule has 28 heavy (non-hydrogen) atoms. The van der Waals surface area contributed by atoms with Crippen LogP contribution in [0.3, 0.4) is 0 Å². The highest BCUT2D eigenvalue weighted by atomic mass is 35.5. The molecule has 9 heteroatoms. The highest BCUT2D eigenvalue weighted by Gasteiger charge is 2.27. The number of nitro groups is 1. The van der Waals surface area contributed by atoms with Gasteiger partial charge in [0, 0.05) is 42.3 Å². The van der Waals surface area contributed by atoms with E-state index in [9.17, 15) is 18.5 Å². The van der Waals surface area contributed by atoms with E-state index in [4.69, 9.17) is 11.6 Å². The highest BCUT2D eigenvalue weighted by Crippen LogP contribution is 2.25. The van der Waals surface area contributed by atoms with E-state index in [1.54, 1.807) is 0 Å². The fourth-order valence-corrected chi connectivity index (χ4v) is 5.12. The predicted octanol–water partition coefficient (Wildman–Crippen LogP) is 3.50. The molecular weight excluding hydrogens is 402 g/mol. The molecule has 0 aliphatic carbocycles. The van der Waals surface area contributed by atoms with Crippen molar-refractivity contribution < 1.29 is 13.3 Å². The van der Waals surface area contributed by atoms with E-state index in [0.29, 0.717) is 17.9 Å². The van der Waals surface area contributed by atoms with Gasteiger partial charge in [0.25, 0.3) is 5.69 Å². The molecule has 7 nitrogen and oxygen atoms in total. The van der Waals surface area contributed by atoms with Crippen molar-refractivity contribution in [3.05, 3.63) is 68.7 Å². The van der Waals surface area contributed by atoms with Gasteiger partial charge in [-0.1, -0.05) is 29.8 Å². The lowest BCUT2D eigenvalue weighted by molar-refractivity contribution is -0.385. The standard InChI is InChI=1S/C19H22ClN3O4S/c1-14-18(23(24)25)3-2-4-19(14)28(26,27)21-17-9-11-22(12-10-17)13-15-5-7-16(20)8-6-15/h2-8,17,21H,9-13H2,1H3. The molecule has 150 valence electrons. The van der Waals surface area contributed by atoms with Crippen molar-refractivity contribution in [3.8, 4) is 0 Å². The Morgan fingerprint density at radius 2 is 1.82 bits per heavy atom. The van der Waals surface area contributed by atoms with Crippen LogP contribution >= 0.6 is 11.6 Å². The average Bonchev–Trinajstić information content (AvgIpc) is 2.65. The van der Waals surface area contributed by atoms with Crippen LogP contribution in [0.5, 0.6) is 0 Å². The summed E-state index contributed by atoms with van der Waals surface area (Å²) in [5.41, 5.74) is 1.12. The third-order valence-electron chi connectivity index (χ3n) is 4.97. The van der Waals surface area contributed by atoms with Gasteiger partial charge >= 0.3 is 0 Å². The van der Waals surface area contributed by atoms with E-state index in [2.05, 4.69) is 9.62 Å². The smallest absolute Gasteiger partial charge is 0.273 e. The van der Waals surface area contributed by atoms with Crippen molar-refractivity contribution in [2.24, 2.45) is 0 Å². The monoisotopic (exact) mass is 423 g/mol. The first-order chi connectivity index (χ1) is 13.3. The molecule has 0 bridgehead atoms. The summed E-state index contributed by atoms with van der Waals surface area (Å²) < 4.78 is 28.2. The second-order valence-electron chi connectivity index (χ2n) is 6.96. The largest absolute Gasteiger partial charge is 0.299 e. The Balaban J connectivity index is 1.62. The fraction of sp³-hybridized carbons (Fsp3) is 0.368. The van der Waals surface area contributed by atoms with Crippen molar-refractivity contribution in [3.63, 3.8) is 0 Å². The minimum Gasteiger partial charge on any atom is -0.299 e. The quantitative estimate of drug-likeness (QED) is 0.567. The van der Waals surface area contributed by atoms with Crippen molar-refractivity contribution in [1.29, 1.82) is 0 Å². The maximum absolute atomic E-state index is 12.7. The van der Waals surface area contributed by atoms with E-state index in [1.165, 1.54) is 25.1 Å². The second-order valence-corrected chi connectivity index (χ2v) is 9.07.